The van der Waals surface area contributed by atoms with Gasteiger partial charge in [-0.3, -0.25) is 14.5 Å². The van der Waals surface area contributed by atoms with Gasteiger partial charge in [0.15, 0.2) is 0 Å². The van der Waals surface area contributed by atoms with Gasteiger partial charge in [0.05, 0.1) is 13.7 Å². The molecule has 2 heterocycles. The van der Waals surface area contributed by atoms with Crippen molar-refractivity contribution in [3.05, 3.63) is 59.2 Å². The van der Waals surface area contributed by atoms with Crippen molar-refractivity contribution in [3.8, 4) is 5.75 Å². The average molecular weight is 422 g/mol. The number of carbonyl (C=O) groups is 2. The number of methoxy groups -OCH3 is 1. The average Bonchev–Trinajstić information content (AvgIpc) is 2.83. The predicted molar refractivity (Wildman–Crippen MR) is 122 cm³/mol. The van der Waals surface area contributed by atoms with Gasteiger partial charge in [0, 0.05) is 44.0 Å². The van der Waals surface area contributed by atoms with Gasteiger partial charge in [0.25, 0.3) is 5.91 Å². The molecule has 1 fully saturated rings. The number of hydrogen-bond acceptors (Lipinski definition) is 4. The zero-order valence-electron chi connectivity index (χ0n) is 18.5. The Kier molecular flexibility index (Phi) is 6.56. The number of anilines is 1. The maximum absolute atomic E-state index is 13.1. The van der Waals surface area contributed by atoms with Gasteiger partial charge in [-0.15, -0.1) is 0 Å². The van der Waals surface area contributed by atoms with Crippen LogP contribution in [-0.2, 0) is 17.6 Å². The molecule has 31 heavy (non-hydrogen) atoms. The van der Waals surface area contributed by atoms with Gasteiger partial charge >= 0.3 is 0 Å². The van der Waals surface area contributed by atoms with E-state index in [2.05, 4.69) is 11.8 Å². The van der Waals surface area contributed by atoms with Crippen molar-refractivity contribution in [2.45, 2.75) is 26.2 Å². The highest BCUT2D eigenvalue weighted by atomic mass is 16.5. The van der Waals surface area contributed by atoms with E-state index in [9.17, 15) is 9.59 Å². The van der Waals surface area contributed by atoms with Crippen LogP contribution in [0.5, 0.6) is 5.75 Å². The minimum Gasteiger partial charge on any atom is -0.497 e. The van der Waals surface area contributed by atoms with Gasteiger partial charge < -0.3 is 14.5 Å². The first-order valence-corrected chi connectivity index (χ1v) is 11.2. The Morgan fingerprint density at radius 3 is 2.39 bits per heavy atom. The molecule has 6 nitrogen and oxygen atoms in total. The van der Waals surface area contributed by atoms with E-state index >= 15 is 0 Å². The van der Waals surface area contributed by atoms with E-state index < -0.39 is 0 Å². The molecule has 0 saturated carbocycles. The summed E-state index contributed by atoms with van der Waals surface area (Å²) < 4.78 is 5.33. The lowest BCUT2D eigenvalue weighted by Crippen LogP contribution is -2.52. The zero-order chi connectivity index (χ0) is 21.8. The topological polar surface area (TPSA) is 53.1 Å². The first-order chi connectivity index (χ1) is 15.1. The Labute approximate surface area is 184 Å². The molecule has 2 aliphatic heterocycles. The van der Waals surface area contributed by atoms with Crippen molar-refractivity contribution in [2.24, 2.45) is 0 Å². The van der Waals surface area contributed by atoms with Crippen molar-refractivity contribution in [1.82, 2.24) is 9.80 Å². The zero-order valence-corrected chi connectivity index (χ0v) is 18.5. The molecular formula is C25H31N3O3. The number of nitrogens with zero attached hydrogens (tertiary/aromatic N) is 3. The summed E-state index contributed by atoms with van der Waals surface area (Å²) in [4.78, 5) is 31.8. The van der Waals surface area contributed by atoms with E-state index in [4.69, 9.17) is 4.74 Å². The van der Waals surface area contributed by atoms with E-state index in [1.54, 1.807) is 7.11 Å². The third-order valence-electron chi connectivity index (χ3n) is 6.33. The Morgan fingerprint density at radius 2 is 1.71 bits per heavy atom. The Balaban J connectivity index is 1.33. The van der Waals surface area contributed by atoms with Crippen molar-refractivity contribution in [1.29, 1.82) is 0 Å². The minimum atomic E-state index is 0.0764. The van der Waals surface area contributed by atoms with Crippen LogP contribution in [0.2, 0.25) is 0 Å². The second kappa shape index (κ2) is 9.52. The normalized spacial score (nSPS) is 16.7. The molecule has 2 aromatic carbocycles. The Morgan fingerprint density at radius 1 is 0.968 bits per heavy atom. The molecular weight excluding hydrogens is 390 g/mol. The summed E-state index contributed by atoms with van der Waals surface area (Å²) in [5.74, 6) is 1.03. The van der Waals surface area contributed by atoms with Crippen molar-refractivity contribution in [3.63, 3.8) is 0 Å². The van der Waals surface area contributed by atoms with Crippen LogP contribution in [0.4, 0.5) is 5.69 Å². The molecule has 2 aliphatic rings. The third-order valence-corrected chi connectivity index (χ3v) is 6.33. The van der Waals surface area contributed by atoms with Crippen molar-refractivity contribution in [2.75, 3.05) is 51.3 Å². The van der Waals surface area contributed by atoms with E-state index in [1.165, 1.54) is 11.1 Å². The summed E-state index contributed by atoms with van der Waals surface area (Å²) in [7, 11) is 1.66. The minimum absolute atomic E-state index is 0.0764. The fraction of sp³-hybridized carbons (Fsp3) is 0.440. The number of aryl methyl sites for hydroxylation is 2. The van der Waals surface area contributed by atoms with Crippen LogP contribution in [0, 0.1) is 0 Å². The highest BCUT2D eigenvalue weighted by Crippen LogP contribution is 2.30. The molecule has 0 radical (unpaired) electrons. The number of piperazine rings is 1. The molecule has 2 aromatic rings. The molecule has 2 amide bonds. The molecule has 4 rings (SSSR count). The quantitative estimate of drug-likeness (QED) is 0.745. The second-order valence-electron chi connectivity index (χ2n) is 8.26. The standard InChI is InChI=1S/C25H31N3O3/c1-3-19-6-8-20(9-7-19)25(30)27-15-13-26(14-16-27)18-24(29)28-12-4-5-21-17-22(31-2)10-11-23(21)28/h6-11,17H,3-5,12-16,18H2,1-2H3. The molecule has 1 saturated heterocycles. The predicted octanol–water partition coefficient (Wildman–Crippen LogP) is 2.99. The van der Waals surface area contributed by atoms with Gasteiger partial charge in [-0.25, -0.2) is 0 Å². The van der Waals surface area contributed by atoms with Crippen molar-refractivity contribution < 1.29 is 14.3 Å². The highest BCUT2D eigenvalue weighted by molar-refractivity contribution is 5.96. The monoisotopic (exact) mass is 421 g/mol. The summed E-state index contributed by atoms with van der Waals surface area (Å²) in [6.45, 7) is 5.98. The molecule has 164 valence electrons. The number of amides is 2. The maximum Gasteiger partial charge on any atom is 0.253 e. The first kappa shape index (κ1) is 21.4. The molecule has 0 aliphatic carbocycles. The highest BCUT2D eigenvalue weighted by Gasteiger charge is 2.27. The third kappa shape index (κ3) is 4.74. The molecule has 0 aromatic heterocycles. The van der Waals surface area contributed by atoms with Crippen LogP contribution < -0.4 is 9.64 Å². The fourth-order valence-electron chi connectivity index (χ4n) is 4.41. The fourth-order valence-corrected chi connectivity index (χ4v) is 4.41. The van der Waals surface area contributed by atoms with Gasteiger partial charge in [-0.1, -0.05) is 19.1 Å². The summed E-state index contributed by atoms with van der Waals surface area (Å²) in [6.07, 6.45) is 2.90. The van der Waals surface area contributed by atoms with E-state index in [0.29, 0.717) is 32.7 Å². The summed E-state index contributed by atoms with van der Waals surface area (Å²) in [6, 6.07) is 13.8. The van der Waals surface area contributed by atoms with E-state index in [-0.39, 0.29) is 11.8 Å². The number of carbonyl (C=O) groups excluding carboxylic acids is 2. The molecule has 6 heteroatoms. The summed E-state index contributed by atoms with van der Waals surface area (Å²) in [5.41, 5.74) is 4.14. The maximum atomic E-state index is 13.1. The first-order valence-electron chi connectivity index (χ1n) is 11.2. The molecule has 0 atom stereocenters. The second-order valence-corrected chi connectivity index (χ2v) is 8.26. The number of rotatable bonds is 5. The number of ether oxygens (including phenoxy) is 1. The molecule has 0 bridgehead atoms. The van der Waals surface area contributed by atoms with Crippen LogP contribution in [-0.4, -0.2) is 68.0 Å². The van der Waals surface area contributed by atoms with Crippen LogP contribution in [0.1, 0.15) is 34.8 Å². The van der Waals surface area contributed by atoms with Crippen LogP contribution in [0.15, 0.2) is 42.5 Å². The molecule has 0 unspecified atom stereocenters. The smallest absolute Gasteiger partial charge is 0.253 e. The van der Waals surface area contributed by atoms with E-state index in [0.717, 1.165) is 42.8 Å². The van der Waals surface area contributed by atoms with Crippen LogP contribution in [0.25, 0.3) is 0 Å². The molecule has 0 N–H and O–H groups in total. The lowest BCUT2D eigenvalue weighted by atomic mass is 10.0. The van der Waals surface area contributed by atoms with Crippen LogP contribution >= 0.6 is 0 Å². The van der Waals surface area contributed by atoms with Gasteiger partial charge in [0.2, 0.25) is 5.91 Å². The Hall–Kier alpha value is -2.86. The number of fused-ring (bicyclic) bond motifs is 1. The van der Waals surface area contributed by atoms with E-state index in [1.807, 2.05) is 52.3 Å². The number of hydrogen-bond donors (Lipinski definition) is 0. The number of benzene rings is 2. The lowest BCUT2D eigenvalue weighted by molar-refractivity contribution is -0.120. The molecule has 0 spiro atoms. The van der Waals surface area contributed by atoms with Crippen LogP contribution in [0.3, 0.4) is 0 Å². The van der Waals surface area contributed by atoms with Gasteiger partial charge in [-0.05, 0) is 60.7 Å². The SMILES string of the molecule is CCc1ccc(C(=O)N2CCN(CC(=O)N3CCCc4cc(OC)ccc43)CC2)cc1. The Bertz CT molecular complexity index is 934. The summed E-state index contributed by atoms with van der Waals surface area (Å²) in [5, 5.41) is 0. The summed E-state index contributed by atoms with van der Waals surface area (Å²) >= 11 is 0. The van der Waals surface area contributed by atoms with Gasteiger partial charge in [0.1, 0.15) is 5.75 Å². The van der Waals surface area contributed by atoms with Crippen molar-refractivity contribution >= 4 is 17.5 Å². The largest absolute Gasteiger partial charge is 0.497 e. The lowest BCUT2D eigenvalue weighted by Gasteiger charge is -2.36. The van der Waals surface area contributed by atoms with Gasteiger partial charge in [-0.2, -0.15) is 0 Å².